The molecule has 1 atom stereocenters. The topological polar surface area (TPSA) is 83.9 Å². The van der Waals surface area contributed by atoms with Crippen LogP contribution in [0.15, 0.2) is 10.2 Å². The molecule has 7 nitrogen and oxygen atoms in total. The minimum absolute atomic E-state index is 0.0146. The number of rotatable bonds is 5. The quantitative estimate of drug-likeness (QED) is 0.895. The van der Waals surface area contributed by atoms with Gasteiger partial charge in [-0.05, 0) is 32.6 Å². The zero-order valence-electron chi connectivity index (χ0n) is 14.1. The average molecular weight is 349 g/mol. The Balaban J connectivity index is 1.74. The minimum Gasteiger partial charge on any atom is -0.337 e. The molecule has 2 aromatic rings. The van der Waals surface area contributed by atoms with Crippen LogP contribution in [-0.2, 0) is 13.0 Å². The van der Waals surface area contributed by atoms with Gasteiger partial charge >= 0.3 is 5.69 Å². The van der Waals surface area contributed by atoms with Gasteiger partial charge in [-0.3, -0.25) is 9.36 Å². The van der Waals surface area contributed by atoms with Gasteiger partial charge in [0.1, 0.15) is 11.5 Å². The van der Waals surface area contributed by atoms with E-state index in [1.165, 1.54) is 0 Å². The van der Waals surface area contributed by atoms with Crippen LogP contribution in [0, 0.1) is 0 Å². The lowest BCUT2D eigenvalue weighted by atomic mass is 9.97. The van der Waals surface area contributed by atoms with E-state index in [2.05, 4.69) is 22.1 Å². The molecule has 2 aromatic heterocycles. The van der Waals surface area contributed by atoms with Gasteiger partial charge in [0.2, 0.25) is 0 Å². The van der Waals surface area contributed by atoms with Crippen molar-refractivity contribution in [2.24, 2.45) is 0 Å². The summed E-state index contributed by atoms with van der Waals surface area (Å²) in [6.45, 7) is 5.94. The number of hydrogen-bond donors (Lipinski definition) is 1. The van der Waals surface area contributed by atoms with Gasteiger partial charge in [-0.25, -0.2) is 14.9 Å². The van der Waals surface area contributed by atoms with Crippen molar-refractivity contribution in [2.45, 2.75) is 52.0 Å². The number of likely N-dealkylation sites (tertiary alicyclic amines) is 1. The molecular weight excluding hydrogens is 326 g/mol. The third kappa shape index (κ3) is 3.28. The summed E-state index contributed by atoms with van der Waals surface area (Å²) in [7, 11) is 0. The summed E-state index contributed by atoms with van der Waals surface area (Å²) < 4.78 is 1.65. The van der Waals surface area contributed by atoms with Gasteiger partial charge in [0, 0.05) is 30.9 Å². The van der Waals surface area contributed by atoms with E-state index in [0.717, 1.165) is 43.1 Å². The molecule has 0 radical (unpaired) electrons. The largest absolute Gasteiger partial charge is 0.343 e. The van der Waals surface area contributed by atoms with E-state index in [1.54, 1.807) is 15.9 Å². The van der Waals surface area contributed by atoms with Crippen molar-refractivity contribution in [3.8, 4) is 0 Å². The Hall–Kier alpha value is -1.96. The van der Waals surface area contributed by atoms with Crippen molar-refractivity contribution in [1.82, 2.24) is 24.6 Å². The first-order valence-electron chi connectivity index (χ1n) is 8.52. The summed E-state index contributed by atoms with van der Waals surface area (Å²) in [5.74, 6) is 0.833. The molecule has 0 aromatic carbocycles. The fourth-order valence-electron chi connectivity index (χ4n) is 3.22. The number of nitrogens with one attached hydrogen (secondary N) is 1. The van der Waals surface area contributed by atoms with Crippen LogP contribution in [0.1, 0.15) is 60.3 Å². The van der Waals surface area contributed by atoms with Crippen LogP contribution in [0.25, 0.3) is 0 Å². The van der Waals surface area contributed by atoms with E-state index >= 15 is 0 Å². The molecule has 3 heterocycles. The van der Waals surface area contributed by atoms with E-state index in [-0.39, 0.29) is 17.5 Å². The lowest BCUT2D eigenvalue weighted by Crippen LogP contribution is -2.40. The summed E-state index contributed by atoms with van der Waals surface area (Å²) in [4.78, 5) is 30.8. The van der Waals surface area contributed by atoms with E-state index in [9.17, 15) is 9.59 Å². The summed E-state index contributed by atoms with van der Waals surface area (Å²) in [6, 6.07) is 0. The number of piperidine rings is 1. The fraction of sp³-hybridized carbons (Fsp3) is 0.625. The molecule has 24 heavy (non-hydrogen) atoms. The van der Waals surface area contributed by atoms with Crippen LogP contribution < -0.4 is 5.69 Å². The highest BCUT2D eigenvalue weighted by molar-refractivity contribution is 7.09. The van der Waals surface area contributed by atoms with Crippen molar-refractivity contribution >= 4 is 17.2 Å². The van der Waals surface area contributed by atoms with Crippen LogP contribution in [0.4, 0.5) is 0 Å². The highest BCUT2D eigenvalue weighted by atomic mass is 32.1. The molecule has 130 valence electrons. The van der Waals surface area contributed by atoms with Crippen molar-refractivity contribution in [2.75, 3.05) is 13.1 Å². The molecule has 1 aliphatic rings. The smallest absolute Gasteiger partial charge is 0.337 e. The highest BCUT2D eigenvalue weighted by Crippen LogP contribution is 2.26. The predicted octanol–water partition coefficient (Wildman–Crippen LogP) is 2.02. The second-order valence-corrected chi connectivity index (χ2v) is 7.04. The number of hydrogen-bond acceptors (Lipinski definition) is 5. The van der Waals surface area contributed by atoms with Crippen molar-refractivity contribution < 1.29 is 4.79 Å². The fourth-order valence-corrected chi connectivity index (χ4v) is 4.09. The molecule has 1 aliphatic heterocycles. The lowest BCUT2D eigenvalue weighted by Gasteiger charge is -2.31. The maximum Gasteiger partial charge on any atom is 0.343 e. The Kier molecular flexibility index (Phi) is 5.13. The van der Waals surface area contributed by atoms with Gasteiger partial charge in [-0.1, -0.05) is 6.92 Å². The number of amides is 1. The number of carbonyl (C=O) groups is 1. The number of aryl methyl sites for hydroxylation is 1. The van der Waals surface area contributed by atoms with Crippen molar-refractivity contribution in [3.63, 3.8) is 0 Å². The van der Waals surface area contributed by atoms with Crippen molar-refractivity contribution in [3.05, 3.63) is 32.4 Å². The van der Waals surface area contributed by atoms with Gasteiger partial charge in [-0.2, -0.15) is 5.10 Å². The minimum atomic E-state index is -0.181. The van der Waals surface area contributed by atoms with E-state index in [0.29, 0.717) is 18.8 Å². The molecule has 0 unspecified atom stereocenters. The zero-order chi connectivity index (χ0) is 17.1. The van der Waals surface area contributed by atoms with Gasteiger partial charge in [-0.15, -0.1) is 11.3 Å². The molecule has 0 bridgehead atoms. The number of aromatic amines is 1. The summed E-state index contributed by atoms with van der Waals surface area (Å²) in [5.41, 5.74) is 0.360. The number of nitrogens with zero attached hydrogens (tertiary/aromatic N) is 4. The Morgan fingerprint density at radius 3 is 3.04 bits per heavy atom. The maximum atomic E-state index is 12.7. The average Bonchev–Trinajstić information content (AvgIpc) is 3.21. The third-order valence-corrected chi connectivity index (χ3v) is 5.32. The molecule has 0 saturated carbocycles. The number of carbonyl (C=O) groups excluding carboxylic acids is 1. The second kappa shape index (κ2) is 7.29. The van der Waals surface area contributed by atoms with Crippen LogP contribution in [0.5, 0.6) is 0 Å². The number of thiazole rings is 1. The van der Waals surface area contributed by atoms with E-state index in [1.807, 2.05) is 17.2 Å². The van der Waals surface area contributed by atoms with Crippen LogP contribution in [-0.4, -0.2) is 43.6 Å². The molecule has 0 aliphatic carbocycles. The summed E-state index contributed by atoms with van der Waals surface area (Å²) in [5, 5.41) is 9.57. The molecule has 1 saturated heterocycles. The first-order chi connectivity index (χ1) is 11.6. The van der Waals surface area contributed by atoms with Crippen LogP contribution in [0.2, 0.25) is 0 Å². The van der Waals surface area contributed by atoms with Gasteiger partial charge in [0.05, 0.1) is 5.01 Å². The van der Waals surface area contributed by atoms with Gasteiger partial charge in [0.25, 0.3) is 5.91 Å². The summed E-state index contributed by atoms with van der Waals surface area (Å²) >= 11 is 1.55. The monoisotopic (exact) mass is 349 g/mol. The van der Waals surface area contributed by atoms with E-state index < -0.39 is 0 Å². The molecule has 1 amide bonds. The molecule has 1 fully saturated rings. The Morgan fingerprint density at radius 1 is 1.46 bits per heavy atom. The molecule has 1 N–H and O–H groups in total. The molecular formula is C16H23N5O2S. The molecule has 0 spiro atoms. The predicted molar refractivity (Wildman–Crippen MR) is 92.5 cm³/mol. The standard InChI is InChI=1S/C16H23N5O2S/c1-3-6-13-17-12(10-24-13)15(22)20-8-5-7-11(9-20)14-18-19-16(23)21(14)4-2/h10-11H,3-9H2,1-2H3,(H,19,23)/t11-/m1/s1. The Morgan fingerprint density at radius 2 is 2.29 bits per heavy atom. The summed E-state index contributed by atoms with van der Waals surface area (Å²) in [6.07, 6.45) is 3.79. The van der Waals surface area contributed by atoms with Crippen LogP contribution in [0.3, 0.4) is 0 Å². The van der Waals surface area contributed by atoms with Crippen molar-refractivity contribution in [1.29, 1.82) is 0 Å². The van der Waals surface area contributed by atoms with Gasteiger partial charge in [0.15, 0.2) is 0 Å². The normalized spacial score (nSPS) is 18.1. The number of aromatic nitrogens is 4. The number of H-pyrrole nitrogens is 1. The van der Waals surface area contributed by atoms with Crippen LogP contribution >= 0.6 is 11.3 Å². The molecule has 3 rings (SSSR count). The zero-order valence-corrected chi connectivity index (χ0v) is 14.9. The second-order valence-electron chi connectivity index (χ2n) is 6.10. The first-order valence-corrected chi connectivity index (χ1v) is 9.40. The molecule has 8 heteroatoms. The highest BCUT2D eigenvalue weighted by Gasteiger charge is 2.29. The van der Waals surface area contributed by atoms with Gasteiger partial charge < -0.3 is 4.90 Å². The Bertz CT molecular complexity index is 763. The third-order valence-electron chi connectivity index (χ3n) is 4.41. The Labute approximate surface area is 144 Å². The first kappa shape index (κ1) is 16.9. The van der Waals surface area contributed by atoms with E-state index in [4.69, 9.17) is 0 Å². The maximum absolute atomic E-state index is 12.7. The lowest BCUT2D eigenvalue weighted by molar-refractivity contribution is 0.0698. The SMILES string of the molecule is CCCc1nc(C(=O)N2CCC[C@@H](c3n[nH]c(=O)n3CC)C2)cs1.